The highest BCUT2D eigenvalue weighted by molar-refractivity contribution is 6.03. The van der Waals surface area contributed by atoms with Crippen LogP contribution in [0.3, 0.4) is 0 Å². The van der Waals surface area contributed by atoms with E-state index in [2.05, 4.69) is 22.6 Å². The van der Waals surface area contributed by atoms with Crippen LogP contribution in [0.2, 0.25) is 0 Å². The van der Waals surface area contributed by atoms with Gasteiger partial charge in [0.25, 0.3) is 0 Å². The zero-order valence-corrected chi connectivity index (χ0v) is 20.7. The molecule has 8 heteroatoms. The van der Waals surface area contributed by atoms with Crippen molar-refractivity contribution in [2.45, 2.75) is 46.2 Å². The van der Waals surface area contributed by atoms with Crippen LogP contribution in [0.15, 0.2) is 36.4 Å². The van der Waals surface area contributed by atoms with E-state index in [1.807, 2.05) is 39.0 Å². The maximum Gasteiger partial charge on any atom is 0.328 e. The van der Waals surface area contributed by atoms with Gasteiger partial charge in [0, 0.05) is 17.2 Å². The molecule has 0 spiro atoms. The third-order valence-electron chi connectivity index (χ3n) is 6.98. The number of piperidine rings is 1. The summed E-state index contributed by atoms with van der Waals surface area (Å²) in [5.74, 6) is 0.766. The van der Waals surface area contributed by atoms with E-state index in [-0.39, 0.29) is 17.9 Å². The minimum Gasteiger partial charge on any atom is -0.351 e. The Morgan fingerprint density at radius 1 is 1.03 bits per heavy atom. The van der Waals surface area contributed by atoms with Crippen LogP contribution in [-0.4, -0.2) is 47.1 Å². The summed E-state index contributed by atoms with van der Waals surface area (Å²) in [4.78, 5) is 27.0. The number of carbonyl (C=O) groups excluding carboxylic acids is 1. The zero-order chi connectivity index (χ0) is 24.7. The van der Waals surface area contributed by atoms with Crippen molar-refractivity contribution in [1.82, 2.24) is 20.2 Å². The van der Waals surface area contributed by atoms with Gasteiger partial charge < -0.3 is 15.5 Å². The molecule has 35 heavy (non-hydrogen) atoms. The first-order valence-corrected chi connectivity index (χ1v) is 12.1. The quantitative estimate of drug-likeness (QED) is 0.552. The van der Waals surface area contributed by atoms with Crippen molar-refractivity contribution in [1.29, 1.82) is 0 Å². The number of halogens is 1. The van der Waals surface area contributed by atoms with Gasteiger partial charge >= 0.3 is 6.03 Å². The fourth-order valence-corrected chi connectivity index (χ4v) is 5.04. The van der Waals surface area contributed by atoms with Gasteiger partial charge in [-0.2, -0.15) is 4.98 Å². The highest BCUT2D eigenvalue weighted by Gasteiger charge is 2.33. The molecule has 0 aliphatic carbocycles. The Morgan fingerprint density at radius 3 is 2.43 bits per heavy atom. The molecule has 1 aromatic heterocycles. The lowest BCUT2D eigenvalue weighted by Crippen LogP contribution is -2.43. The molecule has 182 valence electrons. The molecule has 2 aromatic carbocycles. The van der Waals surface area contributed by atoms with E-state index in [1.165, 1.54) is 12.1 Å². The van der Waals surface area contributed by atoms with E-state index in [0.717, 1.165) is 59.4 Å². The predicted octanol–water partition coefficient (Wildman–Crippen LogP) is 5.08. The van der Waals surface area contributed by atoms with Crippen molar-refractivity contribution in [2.75, 3.05) is 30.4 Å². The van der Waals surface area contributed by atoms with Crippen LogP contribution in [0, 0.1) is 26.6 Å². The Balaban J connectivity index is 1.68. The number of nitrogens with one attached hydrogen (secondary N) is 2. The van der Waals surface area contributed by atoms with E-state index in [1.54, 1.807) is 11.0 Å². The van der Waals surface area contributed by atoms with Crippen LogP contribution in [0.4, 0.5) is 26.6 Å². The van der Waals surface area contributed by atoms with Crippen molar-refractivity contribution in [3.05, 3.63) is 64.5 Å². The molecule has 2 aliphatic rings. The summed E-state index contributed by atoms with van der Waals surface area (Å²) < 4.78 is 13.9. The molecule has 0 radical (unpaired) electrons. The van der Waals surface area contributed by atoms with Gasteiger partial charge in [-0.3, -0.25) is 0 Å². The molecule has 2 amide bonds. The molecule has 3 aromatic rings. The van der Waals surface area contributed by atoms with Crippen molar-refractivity contribution in [3.8, 4) is 11.3 Å². The number of aryl methyl sites for hydroxylation is 3. The van der Waals surface area contributed by atoms with E-state index < -0.39 is 0 Å². The van der Waals surface area contributed by atoms with Gasteiger partial charge in [0.1, 0.15) is 5.82 Å². The Kier molecular flexibility index (Phi) is 6.15. The molecule has 3 heterocycles. The molecule has 7 nitrogen and oxygen atoms in total. The number of carbonyl (C=O) groups is 1. The molecule has 0 atom stereocenters. The summed E-state index contributed by atoms with van der Waals surface area (Å²) in [6.45, 7) is 8.17. The number of benzene rings is 2. The SMILES string of the molecule is Cc1cc(F)ccc1-c1nc(NC2CCN(C)CC2)nc2c1CNC(=O)N2c1c(C)cccc1C. The molecule has 0 saturated carbocycles. The molecule has 0 unspecified atom stereocenters. The molecule has 1 fully saturated rings. The largest absolute Gasteiger partial charge is 0.351 e. The Labute approximate surface area is 205 Å². The third kappa shape index (κ3) is 4.46. The molecule has 2 N–H and O–H groups in total. The molecular formula is C27H31FN6O. The standard InChI is InChI=1S/C27H31FN6O/c1-16-6-5-7-17(2)24(16)34-25-22(15-29-27(34)35)23(21-9-8-19(28)14-18(21)3)31-26(32-25)30-20-10-12-33(4)13-11-20/h5-9,14,20H,10-13,15H2,1-4H3,(H,29,35)(H,30,31,32). The second-order valence-electron chi connectivity index (χ2n) is 9.61. The lowest BCUT2D eigenvalue weighted by atomic mass is 9.99. The number of hydrogen-bond donors (Lipinski definition) is 2. The van der Waals surface area contributed by atoms with E-state index in [9.17, 15) is 9.18 Å². The lowest BCUT2D eigenvalue weighted by Gasteiger charge is -2.33. The van der Waals surface area contributed by atoms with Gasteiger partial charge in [-0.15, -0.1) is 0 Å². The zero-order valence-electron chi connectivity index (χ0n) is 20.7. The fourth-order valence-electron chi connectivity index (χ4n) is 5.04. The van der Waals surface area contributed by atoms with Gasteiger partial charge in [0.2, 0.25) is 5.95 Å². The van der Waals surface area contributed by atoms with E-state index in [4.69, 9.17) is 9.97 Å². The van der Waals surface area contributed by atoms with Crippen LogP contribution in [-0.2, 0) is 6.54 Å². The van der Waals surface area contributed by atoms with Crippen LogP contribution < -0.4 is 15.5 Å². The van der Waals surface area contributed by atoms with Gasteiger partial charge in [0.15, 0.2) is 5.82 Å². The van der Waals surface area contributed by atoms with E-state index >= 15 is 0 Å². The summed E-state index contributed by atoms with van der Waals surface area (Å²) in [6, 6.07) is 10.7. The summed E-state index contributed by atoms with van der Waals surface area (Å²) in [5, 5.41) is 6.52. The molecular weight excluding hydrogens is 443 g/mol. The predicted molar refractivity (Wildman–Crippen MR) is 137 cm³/mol. The molecule has 0 bridgehead atoms. The monoisotopic (exact) mass is 474 g/mol. The number of rotatable bonds is 4. The minimum atomic E-state index is -0.288. The first kappa shape index (κ1) is 23.2. The van der Waals surface area contributed by atoms with Crippen LogP contribution in [0.5, 0.6) is 0 Å². The summed E-state index contributed by atoms with van der Waals surface area (Å²) in [6.07, 6.45) is 1.98. The summed E-state index contributed by atoms with van der Waals surface area (Å²) in [5.41, 5.74) is 5.92. The highest BCUT2D eigenvalue weighted by atomic mass is 19.1. The molecule has 5 rings (SSSR count). The number of likely N-dealkylation sites (tertiary alicyclic amines) is 1. The Morgan fingerprint density at radius 2 is 1.74 bits per heavy atom. The smallest absolute Gasteiger partial charge is 0.328 e. The van der Waals surface area contributed by atoms with Gasteiger partial charge in [-0.1, -0.05) is 18.2 Å². The van der Waals surface area contributed by atoms with E-state index in [0.29, 0.717) is 24.0 Å². The first-order chi connectivity index (χ1) is 16.8. The fraction of sp³-hybridized carbons (Fsp3) is 0.370. The number of para-hydroxylation sites is 1. The average Bonchev–Trinajstić information content (AvgIpc) is 2.81. The Hall–Kier alpha value is -3.52. The van der Waals surface area contributed by atoms with Crippen LogP contribution >= 0.6 is 0 Å². The first-order valence-electron chi connectivity index (χ1n) is 12.1. The third-order valence-corrected chi connectivity index (χ3v) is 6.98. The average molecular weight is 475 g/mol. The number of anilines is 3. The number of nitrogens with zero attached hydrogens (tertiary/aromatic N) is 4. The van der Waals surface area contributed by atoms with Crippen molar-refractivity contribution >= 4 is 23.5 Å². The Bertz CT molecular complexity index is 1260. The second-order valence-corrected chi connectivity index (χ2v) is 9.61. The van der Waals surface area contributed by atoms with Crippen molar-refractivity contribution in [3.63, 3.8) is 0 Å². The lowest BCUT2D eigenvalue weighted by molar-refractivity contribution is 0.246. The number of fused-ring (bicyclic) bond motifs is 1. The van der Waals surface area contributed by atoms with Gasteiger partial charge in [-0.05, 0) is 88.6 Å². The highest BCUT2D eigenvalue weighted by Crippen LogP contribution is 2.39. The van der Waals surface area contributed by atoms with Crippen molar-refractivity contribution < 1.29 is 9.18 Å². The maximum atomic E-state index is 13.9. The van der Waals surface area contributed by atoms with Gasteiger partial charge in [-0.25, -0.2) is 19.1 Å². The second kappa shape index (κ2) is 9.26. The number of hydrogen-bond acceptors (Lipinski definition) is 5. The number of urea groups is 1. The topological polar surface area (TPSA) is 73.4 Å². The van der Waals surface area contributed by atoms with Crippen LogP contribution in [0.25, 0.3) is 11.3 Å². The summed E-state index contributed by atoms with van der Waals surface area (Å²) >= 11 is 0. The van der Waals surface area contributed by atoms with Crippen molar-refractivity contribution in [2.24, 2.45) is 0 Å². The van der Waals surface area contributed by atoms with Crippen LogP contribution in [0.1, 0.15) is 35.1 Å². The van der Waals surface area contributed by atoms with Gasteiger partial charge in [0.05, 0.1) is 17.9 Å². The number of amides is 2. The maximum absolute atomic E-state index is 13.9. The number of aromatic nitrogens is 2. The minimum absolute atomic E-state index is 0.222. The molecule has 1 saturated heterocycles. The summed E-state index contributed by atoms with van der Waals surface area (Å²) in [7, 11) is 2.13. The molecule has 2 aliphatic heterocycles. The normalized spacial score (nSPS) is 16.7.